The van der Waals surface area contributed by atoms with Crippen LogP contribution in [0.15, 0.2) is 47.4 Å². The zero-order valence-electron chi connectivity index (χ0n) is 19.5. The van der Waals surface area contributed by atoms with Gasteiger partial charge in [-0.1, -0.05) is 25.4 Å². The van der Waals surface area contributed by atoms with Crippen LogP contribution in [0.5, 0.6) is 0 Å². The standard InChI is InChI=1S/C23H13ClF4N4OS.C2H6/c1-10-5-13-17(6-11(10)2)32(16-4-3-12(24)7-14(16)25)31-20(21(13)33)22-30-15-8-19(23(26,27)28)29-9-18(15)34-22;1-2/h3-9H,1-2H3;1-2H3. The molecule has 0 saturated heterocycles. The van der Waals surface area contributed by atoms with Crippen LogP contribution >= 0.6 is 22.9 Å². The van der Waals surface area contributed by atoms with E-state index in [1.807, 2.05) is 27.7 Å². The highest BCUT2D eigenvalue weighted by Gasteiger charge is 2.33. The van der Waals surface area contributed by atoms with Crippen molar-refractivity contribution in [3.05, 3.63) is 80.5 Å². The molecule has 0 saturated carbocycles. The molecule has 11 heteroatoms. The van der Waals surface area contributed by atoms with Gasteiger partial charge in [0.1, 0.15) is 22.2 Å². The van der Waals surface area contributed by atoms with Gasteiger partial charge in [0.2, 0.25) is 5.43 Å². The van der Waals surface area contributed by atoms with E-state index in [1.165, 1.54) is 16.8 Å². The van der Waals surface area contributed by atoms with Crippen molar-refractivity contribution in [1.29, 1.82) is 0 Å². The maximum atomic E-state index is 14.9. The Morgan fingerprint density at radius 3 is 2.39 bits per heavy atom. The van der Waals surface area contributed by atoms with Crippen LogP contribution in [-0.2, 0) is 6.18 Å². The van der Waals surface area contributed by atoms with E-state index in [9.17, 15) is 22.4 Å². The molecule has 5 nitrogen and oxygen atoms in total. The summed E-state index contributed by atoms with van der Waals surface area (Å²) in [4.78, 5) is 21.1. The molecule has 36 heavy (non-hydrogen) atoms. The number of thiazole rings is 1. The molecule has 5 aromatic rings. The molecule has 3 heterocycles. The summed E-state index contributed by atoms with van der Waals surface area (Å²) in [5, 5.41) is 4.96. The number of fused-ring (bicyclic) bond motifs is 2. The van der Waals surface area contributed by atoms with E-state index in [0.29, 0.717) is 10.2 Å². The third-order valence-electron chi connectivity index (χ3n) is 5.41. The number of pyridine rings is 1. The molecule has 0 aliphatic carbocycles. The first-order valence-corrected chi connectivity index (χ1v) is 12.1. The Kier molecular flexibility index (Phi) is 6.85. The monoisotopic (exact) mass is 534 g/mol. The Morgan fingerprint density at radius 1 is 1.03 bits per heavy atom. The van der Waals surface area contributed by atoms with Gasteiger partial charge in [0.25, 0.3) is 0 Å². The molecule has 0 N–H and O–H groups in total. The summed E-state index contributed by atoms with van der Waals surface area (Å²) < 4.78 is 55.7. The number of rotatable bonds is 2. The second kappa shape index (κ2) is 9.59. The summed E-state index contributed by atoms with van der Waals surface area (Å²) in [7, 11) is 0. The minimum atomic E-state index is -4.63. The van der Waals surface area contributed by atoms with Crippen LogP contribution in [0.4, 0.5) is 17.6 Å². The summed E-state index contributed by atoms with van der Waals surface area (Å²) in [6, 6.07) is 8.29. The number of halogens is 5. The molecular formula is C25H19ClF4N4OS. The number of aromatic nitrogens is 4. The van der Waals surface area contributed by atoms with Crippen molar-refractivity contribution in [2.75, 3.05) is 0 Å². The highest BCUT2D eigenvalue weighted by atomic mass is 35.5. The lowest BCUT2D eigenvalue weighted by Crippen LogP contribution is -2.16. The normalized spacial score (nSPS) is 11.6. The minimum Gasteiger partial charge on any atom is -0.287 e. The molecule has 0 fully saturated rings. The predicted molar refractivity (Wildman–Crippen MR) is 135 cm³/mol. The average Bonchev–Trinajstić information content (AvgIpc) is 3.25. The quantitative estimate of drug-likeness (QED) is 0.220. The van der Waals surface area contributed by atoms with Crippen molar-refractivity contribution < 1.29 is 17.6 Å². The van der Waals surface area contributed by atoms with E-state index in [1.54, 1.807) is 12.1 Å². The Bertz CT molecular complexity index is 1680. The molecule has 0 atom stereocenters. The molecule has 0 amide bonds. The average molecular weight is 535 g/mol. The Morgan fingerprint density at radius 2 is 1.72 bits per heavy atom. The minimum absolute atomic E-state index is 0.0351. The van der Waals surface area contributed by atoms with Gasteiger partial charge in [-0.15, -0.1) is 11.3 Å². The maximum Gasteiger partial charge on any atom is 0.433 e. The van der Waals surface area contributed by atoms with Gasteiger partial charge < -0.3 is 0 Å². The third kappa shape index (κ3) is 4.58. The first-order chi connectivity index (χ1) is 17.0. The van der Waals surface area contributed by atoms with E-state index in [4.69, 9.17) is 11.6 Å². The van der Waals surface area contributed by atoms with Gasteiger partial charge in [0, 0.05) is 11.2 Å². The SMILES string of the molecule is CC.Cc1cc2c(=O)c(-c3nc4cc(C(F)(F)F)ncc4s3)nn(-c3ccc(Cl)cc3F)c2cc1C. The highest BCUT2D eigenvalue weighted by Crippen LogP contribution is 2.33. The van der Waals surface area contributed by atoms with Crippen LogP contribution in [0.25, 0.3) is 37.5 Å². The van der Waals surface area contributed by atoms with Crippen molar-refractivity contribution in [3.8, 4) is 16.4 Å². The molecule has 186 valence electrons. The van der Waals surface area contributed by atoms with Gasteiger partial charge in [0.15, 0.2) is 5.69 Å². The smallest absolute Gasteiger partial charge is 0.287 e. The zero-order valence-corrected chi connectivity index (χ0v) is 21.1. The fourth-order valence-electron chi connectivity index (χ4n) is 3.55. The second-order valence-electron chi connectivity index (χ2n) is 7.69. The molecule has 0 aliphatic rings. The van der Waals surface area contributed by atoms with Crippen LogP contribution in [-0.4, -0.2) is 19.7 Å². The zero-order chi connectivity index (χ0) is 26.4. The predicted octanol–water partition coefficient (Wildman–Crippen LogP) is 7.51. The Balaban J connectivity index is 0.00000148. The summed E-state index contributed by atoms with van der Waals surface area (Å²) in [5.74, 6) is -0.655. The van der Waals surface area contributed by atoms with Crippen LogP contribution in [0, 0.1) is 19.7 Å². The lowest BCUT2D eigenvalue weighted by atomic mass is 10.1. The summed E-state index contributed by atoms with van der Waals surface area (Å²) >= 11 is 6.88. The molecular weight excluding hydrogens is 516 g/mol. The number of hydrogen-bond acceptors (Lipinski definition) is 5. The number of aryl methyl sites for hydroxylation is 2. The summed E-state index contributed by atoms with van der Waals surface area (Å²) in [6.07, 6.45) is -3.57. The Hall–Kier alpha value is -3.37. The first-order valence-electron chi connectivity index (χ1n) is 10.9. The molecule has 0 spiro atoms. The molecule has 0 bridgehead atoms. The van der Waals surface area contributed by atoms with Gasteiger partial charge in [-0.2, -0.15) is 18.3 Å². The van der Waals surface area contributed by atoms with Crippen molar-refractivity contribution >= 4 is 44.1 Å². The molecule has 3 aromatic heterocycles. The summed E-state index contributed by atoms with van der Waals surface area (Å²) in [6.45, 7) is 7.69. The molecule has 5 rings (SSSR count). The highest BCUT2D eigenvalue weighted by molar-refractivity contribution is 7.21. The van der Waals surface area contributed by atoms with Gasteiger partial charge in [0.05, 0.1) is 21.1 Å². The van der Waals surface area contributed by atoms with Gasteiger partial charge in [-0.05, 0) is 61.4 Å². The lowest BCUT2D eigenvalue weighted by molar-refractivity contribution is -0.141. The van der Waals surface area contributed by atoms with E-state index >= 15 is 0 Å². The van der Waals surface area contributed by atoms with E-state index in [-0.39, 0.29) is 32.3 Å². The number of nitrogens with zero attached hydrogens (tertiary/aromatic N) is 4. The van der Waals surface area contributed by atoms with E-state index in [2.05, 4.69) is 15.1 Å². The van der Waals surface area contributed by atoms with Crippen molar-refractivity contribution in [3.63, 3.8) is 0 Å². The number of hydrogen-bond donors (Lipinski definition) is 0. The first kappa shape index (κ1) is 25.7. The van der Waals surface area contributed by atoms with Crippen LogP contribution in [0.2, 0.25) is 5.02 Å². The largest absolute Gasteiger partial charge is 0.433 e. The van der Waals surface area contributed by atoms with Crippen LogP contribution < -0.4 is 5.43 Å². The molecule has 0 radical (unpaired) electrons. The third-order valence-corrected chi connectivity index (χ3v) is 6.65. The van der Waals surface area contributed by atoms with Gasteiger partial charge >= 0.3 is 6.18 Å². The Labute approximate surface area is 212 Å². The van der Waals surface area contributed by atoms with Crippen LogP contribution in [0.1, 0.15) is 30.7 Å². The van der Waals surface area contributed by atoms with E-state index in [0.717, 1.165) is 40.8 Å². The maximum absolute atomic E-state index is 14.9. The van der Waals surface area contributed by atoms with Crippen LogP contribution in [0.3, 0.4) is 0 Å². The van der Waals surface area contributed by atoms with Crippen molar-refractivity contribution in [1.82, 2.24) is 19.7 Å². The molecule has 0 unspecified atom stereocenters. The summed E-state index contributed by atoms with van der Waals surface area (Å²) in [5.41, 5.74) is 0.513. The fraction of sp³-hybridized carbons (Fsp3) is 0.200. The number of alkyl halides is 3. The lowest BCUT2D eigenvalue weighted by Gasteiger charge is -2.14. The molecule has 0 aliphatic heterocycles. The van der Waals surface area contributed by atoms with Gasteiger partial charge in [-0.3, -0.25) is 9.78 Å². The van der Waals surface area contributed by atoms with Gasteiger partial charge in [-0.25, -0.2) is 14.1 Å². The topological polar surface area (TPSA) is 60.7 Å². The fourth-order valence-corrected chi connectivity index (χ4v) is 4.61. The van der Waals surface area contributed by atoms with Crippen molar-refractivity contribution in [2.24, 2.45) is 0 Å². The van der Waals surface area contributed by atoms with Crippen molar-refractivity contribution in [2.45, 2.75) is 33.9 Å². The molecule has 2 aromatic carbocycles. The number of benzene rings is 2. The van der Waals surface area contributed by atoms with E-state index < -0.39 is 23.1 Å². The second-order valence-corrected chi connectivity index (χ2v) is 9.16.